The molecule has 0 unspecified atom stereocenters. The summed E-state index contributed by atoms with van der Waals surface area (Å²) in [6.45, 7) is 8.49. The lowest BCUT2D eigenvalue weighted by molar-refractivity contribution is 0.0946. The summed E-state index contributed by atoms with van der Waals surface area (Å²) >= 11 is 0. The fourth-order valence-corrected chi connectivity index (χ4v) is 2.66. The van der Waals surface area contributed by atoms with Crippen molar-refractivity contribution in [2.24, 2.45) is 0 Å². The number of imidazole rings is 1. The molecule has 2 aromatic rings. The number of nitrogens with one attached hydrogen (secondary N) is 1. The second-order valence-electron chi connectivity index (χ2n) is 5.77. The molecule has 2 heterocycles. The quantitative estimate of drug-likeness (QED) is 0.938. The fourth-order valence-electron chi connectivity index (χ4n) is 2.66. The number of nitrogens with zero attached hydrogens (tertiary/aromatic N) is 3. The molecule has 1 aliphatic heterocycles. The average Bonchev–Trinajstić information content (AvgIpc) is 2.97. The van der Waals surface area contributed by atoms with E-state index >= 15 is 0 Å². The maximum Gasteiger partial charge on any atom is 0.271 e. The van der Waals surface area contributed by atoms with Gasteiger partial charge in [-0.15, -0.1) is 0 Å². The minimum atomic E-state index is -0.106. The van der Waals surface area contributed by atoms with Crippen molar-refractivity contribution in [3.63, 3.8) is 0 Å². The number of amides is 1. The largest absolute Gasteiger partial charge is 0.347 e. The molecule has 3 rings (SSSR count). The Balaban J connectivity index is 1.63. The molecular formula is C17H22N4O. The number of likely N-dealkylation sites (N-methyl/N-ethyl adjacent to an activating group) is 1. The van der Waals surface area contributed by atoms with Gasteiger partial charge in [0.15, 0.2) is 0 Å². The number of carbonyl (C=O) groups is 1. The van der Waals surface area contributed by atoms with E-state index in [9.17, 15) is 4.79 Å². The lowest BCUT2D eigenvalue weighted by Gasteiger charge is -2.25. The van der Waals surface area contributed by atoms with Gasteiger partial charge in [0.05, 0.1) is 6.54 Å². The molecule has 0 atom stereocenters. The molecule has 1 amide bonds. The Morgan fingerprint density at radius 1 is 1.27 bits per heavy atom. The van der Waals surface area contributed by atoms with Gasteiger partial charge in [0.25, 0.3) is 5.91 Å². The van der Waals surface area contributed by atoms with Crippen LogP contribution in [0.1, 0.15) is 34.4 Å². The maximum absolute atomic E-state index is 12.3. The summed E-state index contributed by atoms with van der Waals surface area (Å²) in [6.07, 6.45) is 1.87. The molecule has 0 spiro atoms. The lowest BCUT2D eigenvalue weighted by atomic mass is 10.1. The molecular weight excluding hydrogens is 276 g/mol. The average molecular weight is 298 g/mol. The van der Waals surface area contributed by atoms with Crippen LogP contribution in [-0.4, -0.2) is 33.4 Å². The Morgan fingerprint density at radius 3 is 2.77 bits per heavy atom. The summed E-state index contributed by atoms with van der Waals surface area (Å²) in [4.78, 5) is 19.1. The van der Waals surface area contributed by atoms with Crippen LogP contribution >= 0.6 is 0 Å². The fraction of sp³-hybridized carbons (Fsp3) is 0.412. The van der Waals surface area contributed by atoms with Crippen LogP contribution in [-0.2, 0) is 19.6 Å². The third-order valence-corrected chi connectivity index (χ3v) is 4.13. The van der Waals surface area contributed by atoms with Gasteiger partial charge in [0.1, 0.15) is 11.5 Å². The molecule has 22 heavy (non-hydrogen) atoms. The smallest absolute Gasteiger partial charge is 0.271 e. The Labute approximate surface area is 131 Å². The molecule has 1 aromatic carbocycles. The van der Waals surface area contributed by atoms with Crippen LogP contribution in [0.4, 0.5) is 0 Å². The molecule has 0 saturated carbocycles. The van der Waals surface area contributed by atoms with Gasteiger partial charge < -0.3 is 9.88 Å². The van der Waals surface area contributed by atoms with Crippen molar-refractivity contribution in [1.29, 1.82) is 0 Å². The number of aryl methyl sites for hydroxylation is 1. The second kappa shape index (κ2) is 6.32. The summed E-state index contributed by atoms with van der Waals surface area (Å²) in [6, 6.07) is 8.17. The maximum atomic E-state index is 12.3. The highest BCUT2D eigenvalue weighted by molar-refractivity contribution is 5.92. The van der Waals surface area contributed by atoms with Crippen molar-refractivity contribution < 1.29 is 4.79 Å². The van der Waals surface area contributed by atoms with Gasteiger partial charge in [0.2, 0.25) is 0 Å². The standard InChI is InChI=1S/C17H22N4O/c1-3-20-8-9-21-11-15(19-16(21)12-20)17(22)18-10-14-6-4-13(2)5-7-14/h4-7,11H,3,8-10,12H2,1-2H3,(H,18,22). The van der Waals surface area contributed by atoms with Crippen LogP contribution in [0.2, 0.25) is 0 Å². The van der Waals surface area contributed by atoms with Gasteiger partial charge in [-0.2, -0.15) is 0 Å². The molecule has 1 aromatic heterocycles. The third-order valence-electron chi connectivity index (χ3n) is 4.13. The number of rotatable bonds is 4. The number of benzene rings is 1. The van der Waals surface area contributed by atoms with E-state index in [1.54, 1.807) is 0 Å². The number of hydrogen-bond donors (Lipinski definition) is 1. The van der Waals surface area contributed by atoms with E-state index in [-0.39, 0.29) is 5.91 Å². The molecule has 5 heteroatoms. The van der Waals surface area contributed by atoms with Crippen molar-refractivity contribution in [2.75, 3.05) is 13.1 Å². The van der Waals surface area contributed by atoms with Gasteiger partial charge in [-0.1, -0.05) is 36.8 Å². The van der Waals surface area contributed by atoms with Gasteiger partial charge >= 0.3 is 0 Å². The van der Waals surface area contributed by atoms with Crippen LogP contribution in [0.5, 0.6) is 0 Å². The molecule has 1 N–H and O–H groups in total. The Morgan fingerprint density at radius 2 is 2.05 bits per heavy atom. The minimum absolute atomic E-state index is 0.106. The zero-order chi connectivity index (χ0) is 15.5. The van der Waals surface area contributed by atoms with Crippen LogP contribution in [0.25, 0.3) is 0 Å². The Bertz CT molecular complexity index is 660. The minimum Gasteiger partial charge on any atom is -0.347 e. The Kier molecular flexibility index (Phi) is 4.24. The van der Waals surface area contributed by atoms with E-state index in [4.69, 9.17) is 0 Å². The summed E-state index contributed by atoms with van der Waals surface area (Å²) in [5.41, 5.74) is 2.83. The molecule has 1 aliphatic rings. The number of fused-ring (bicyclic) bond motifs is 1. The van der Waals surface area contributed by atoms with Gasteiger partial charge in [0, 0.05) is 25.8 Å². The van der Waals surface area contributed by atoms with Crippen LogP contribution in [0.15, 0.2) is 30.5 Å². The Hall–Kier alpha value is -2.14. The van der Waals surface area contributed by atoms with Crippen molar-refractivity contribution in [2.45, 2.75) is 33.5 Å². The molecule has 0 bridgehead atoms. The highest BCUT2D eigenvalue weighted by Gasteiger charge is 2.19. The zero-order valence-corrected chi connectivity index (χ0v) is 13.2. The van der Waals surface area contributed by atoms with Crippen LogP contribution < -0.4 is 5.32 Å². The zero-order valence-electron chi connectivity index (χ0n) is 13.2. The van der Waals surface area contributed by atoms with E-state index in [2.05, 4.69) is 45.7 Å². The molecule has 116 valence electrons. The predicted molar refractivity (Wildman–Crippen MR) is 85.5 cm³/mol. The third kappa shape index (κ3) is 3.20. The highest BCUT2D eigenvalue weighted by atomic mass is 16.1. The summed E-state index contributed by atoms with van der Waals surface area (Å²) < 4.78 is 2.09. The van der Waals surface area contributed by atoms with E-state index in [1.165, 1.54) is 5.56 Å². The highest BCUT2D eigenvalue weighted by Crippen LogP contribution is 2.12. The SMILES string of the molecule is CCN1CCn2cc(C(=O)NCc3ccc(C)cc3)nc2C1. The monoisotopic (exact) mass is 298 g/mol. The van der Waals surface area contributed by atoms with Crippen LogP contribution in [0.3, 0.4) is 0 Å². The van der Waals surface area contributed by atoms with E-state index in [1.807, 2.05) is 18.3 Å². The normalized spacial score (nSPS) is 14.6. The van der Waals surface area contributed by atoms with Crippen molar-refractivity contribution in [1.82, 2.24) is 19.8 Å². The molecule has 0 saturated heterocycles. The van der Waals surface area contributed by atoms with Gasteiger partial charge in [-0.05, 0) is 19.0 Å². The first kappa shape index (κ1) is 14.8. The second-order valence-corrected chi connectivity index (χ2v) is 5.77. The molecule has 5 nitrogen and oxygen atoms in total. The topological polar surface area (TPSA) is 50.2 Å². The van der Waals surface area contributed by atoms with Crippen molar-refractivity contribution in [3.05, 3.63) is 53.1 Å². The van der Waals surface area contributed by atoms with E-state index in [0.29, 0.717) is 12.2 Å². The molecule has 0 aliphatic carbocycles. The first-order valence-corrected chi connectivity index (χ1v) is 7.78. The van der Waals surface area contributed by atoms with E-state index in [0.717, 1.165) is 37.6 Å². The number of aromatic nitrogens is 2. The number of hydrogen-bond acceptors (Lipinski definition) is 3. The summed E-state index contributed by atoms with van der Waals surface area (Å²) in [5.74, 6) is 0.874. The van der Waals surface area contributed by atoms with Crippen LogP contribution in [0, 0.1) is 6.92 Å². The lowest BCUT2D eigenvalue weighted by Crippen LogP contribution is -2.33. The first-order valence-electron chi connectivity index (χ1n) is 7.78. The predicted octanol–water partition coefficient (Wildman–Crippen LogP) is 1.96. The number of carbonyl (C=O) groups excluding carboxylic acids is 1. The first-order chi connectivity index (χ1) is 10.7. The van der Waals surface area contributed by atoms with Crippen molar-refractivity contribution >= 4 is 5.91 Å². The summed E-state index contributed by atoms with van der Waals surface area (Å²) in [7, 11) is 0. The molecule has 0 fully saturated rings. The van der Waals surface area contributed by atoms with Crippen molar-refractivity contribution in [3.8, 4) is 0 Å². The summed E-state index contributed by atoms with van der Waals surface area (Å²) in [5, 5.41) is 2.94. The molecule has 0 radical (unpaired) electrons. The van der Waals surface area contributed by atoms with Gasteiger partial charge in [-0.25, -0.2) is 4.98 Å². The van der Waals surface area contributed by atoms with E-state index < -0.39 is 0 Å². The van der Waals surface area contributed by atoms with Gasteiger partial charge in [-0.3, -0.25) is 9.69 Å².